The van der Waals surface area contributed by atoms with Gasteiger partial charge in [0.2, 0.25) is 0 Å². The van der Waals surface area contributed by atoms with Crippen LogP contribution in [0.25, 0.3) is 0 Å². The van der Waals surface area contributed by atoms with Crippen LogP contribution < -0.4 is 0 Å². The summed E-state index contributed by atoms with van der Waals surface area (Å²) in [5.41, 5.74) is 0.810. The fraction of sp³-hybridized carbons (Fsp3) is 1.00. The normalized spacial score (nSPS) is 45.8. The van der Waals surface area contributed by atoms with E-state index in [0.717, 1.165) is 11.3 Å². The summed E-state index contributed by atoms with van der Waals surface area (Å²) in [7, 11) is 2.26. The van der Waals surface area contributed by atoms with E-state index in [1.165, 1.54) is 38.8 Å². The zero-order valence-electron chi connectivity index (χ0n) is 7.77. The van der Waals surface area contributed by atoms with Gasteiger partial charge in [0, 0.05) is 0 Å². The second-order valence-corrected chi connectivity index (χ2v) is 4.62. The van der Waals surface area contributed by atoms with Crippen LogP contribution in [0.3, 0.4) is 0 Å². The van der Waals surface area contributed by atoms with E-state index in [0.29, 0.717) is 0 Å². The van der Waals surface area contributed by atoms with Gasteiger partial charge in [0.05, 0.1) is 0 Å². The molecule has 0 radical (unpaired) electrons. The second kappa shape index (κ2) is 2.48. The lowest BCUT2D eigenvalue weighted by Gasteiger charge is -2.13. The molecule has 1 aliphatic carbocycles. The van der Waals surface area contributed by atoms with Crippen molar-refractivity contribution in [3.05, 3.63) is 0 Å². The Bertz CT molecular complexity index is 153. The molecule has 2 fully saturated rings. The van der Waals surface area contributed by atoms with E-state index >= 15 is 0 Å². The van der Waals surface area contributed by atoms with Crippen molar-refractivity contribution in [2.75, 3.05) is 20.1 Å². The van der Waals surface area contributed by atoms with E-state index in [1.807, 2.05) is 0 Å². The minimum absolute atomic E-state index is 0.810. The zero-order valence-corrected chi connectivity index (χ0v) is 7.77. The molecule has 11 heavy (non-hydrogen) atoms. The maximum atomic E-state index is 2.49. The summed E-state index contributed by atoms with van der Waals surface area (Å²) in [5, 5.41) is 0. The van der Waals surface area contributed by atoms with Gasteiger partial charge < -0.3 is 4.90 Å². The average Bonchev–Trinajstić information content (AvgIpc) is 2.62. The molecule has 1 heterocycles. The van der Waals surface area contributed by atoms with E-state index in [1.54, 1.807) is 0 Å². The van der Waals surface area contributed by atoms with Crippen molar-refractivity contribution in [1.82, 2.24) is 4.90 Å². The molecule has 1 saturated heterocycles. The zero-order chi connectivity index (χ0) is 7.90. The fourth-order valence-electron chi connectivity index (χ4n) is 2.60. The Morgan fingerprint density at radius 1 is 1.27 bits per heavy atom. The van der Waals surface area contributed by atoms with Gasteiger partial charge in [0.15, 0.2) is 0 Å². The van der Waals surface area contributed by atoms with Crippen LogP contribution in [-0.4, -0.2) is 25.0 Å². The minimum atomic E-state index is 0.810. The maximum Gasteiger partial charge on any atom is -0.00164 e. The van der Waals surface area contributed by atoms with Crippen LogP contribution in [0.15, 0.2) is 0 Å². The molecule has 1 spiro atoms. The monoisotopic (exact) mass is 153 g/mol. The van der Waals surface area contributed by atoms with E-state index in [9.17, 15) is 0 Å². The summed E-state index contributed by atoms with van der Waals surface area (Å²) in [6.45, 7) is 5.09. The quantitative estimate of drug-likeness (QED) is 0.515. The summed E-state index contributed by atoms with van der Waals surface area (Å²) >= 11 is 0. The summed E-state index contributed by atoms with van der Waals surface area (Å²) in [4.78, 5) is 2.49. The van der Waals surface area contributed by atoms with E-state index < -0.39 is 0 Å². The van der Waals surface area contributed by atoms with Crippen molar-refractivity contribution < 1.29 is 0 Å². The topological polar surface area (TPSA) is 3.24 Å². The molecular formula is C10H19N. The smallest absolute Gasteiger partial charge is 0.00164 e. The maximum absolute atomic E-state index is 2.49. The van der Waals surface area contributed by atoms with Gasteiger partial charge in [0.25, 0.3) is 0 Å². The molecule has 0 N–H and O–H groups in total. The fourth-order valence-corrected chi connectivity index (χ4v) is 2.60. The molecule has 0 aromatic carbocycles. The SMILES string of the molecule is CC1CC12CCCN(C)CC2. The molecule has 1 heteroatoms. The van der Waals surface area contributed by atoms with Crippen molar-refractivity contribution in [3.8, 4) is 0 Å². The van der Waals surface area contributed by atoms with E-state index in [-0.39, 0.29) is 0 Å². The first-order valence-corrected chi connectivity index (χ1v) is 4.91. The predicted octanol–water partition coefficient (Wildman–Crippen LogP) is 2.13. The summed E-state index contributed by atoms with van der Waals surface area (Å²) in [6, 6.07) is 0. The molecule has 1 nitrogen and oxygen atoms in total. The van der Waals surface area contributed by atoms with Crippen LogP contribution >= 0.6 is 0 Å². The van der Waals surface area contributed by atoms with E-state index in [2.05, 4.69) is 18.9 Å². The Balaban J connectivity index is 1.95. The van der Waals surface area contributed by atoms with Gasteiger partial charge in [-0.2, -0.15) is 0 Å². The van der Waals surface area contributed by atoms with Crippen LogP contribution in [0.1, 0.15) is 32.6 Å². The number of nitrogens with zero attached hydrogens (tertiary/aromatic N) is 1. The van der Waals surface area contributed by atoms with Gasteiger partial charge in [-0.15, -0.1) is 0 Å². The van der Waals surface area contributed by atoms with Crippen molar-refractivity contribution in [2.24, 2.45) is 11.3 Å². The van der Waals surface area contributed by atoms with Crippen LogP contribution in [0.5, 0.6) is 0 Å². The molecule has 0 amide bonds. The Morgan fingerprint density at radius 2 is 2.00 bits per heavy atom. The van der Waals surface area contributed by atoms with Crippen LogP contribution in [0, 0.1) is 11.3 Å². The lowest BCUT2D eigenvalue weighted by atomic mass is 9.95. The molecule has 0 aromatic heterocycles. The number of rotatable bonds is 0. The third-order valence-electron chi connectivity index (χ3n) is 3.80. The predicted molar refractivity (Wildman–Crippen MR) is 47.6 cm³/mol. The molecule has 2 aliphatic rings. The van der Waals surface area contributed by atoms with Crippen molar-refractivity contribution >= 4 is 0 Å². The number of hydrogen-bond donors (Lipinski definition) is 0. The van der Waals surface area contributed by atoms with Gasteiger partial charge in [-0.25, -0.2) is 0 Å². The highest BCUT2D eigenvalue weighted by Crippen LogP contribution is 2.58. The lowest BCUT2D eigenvalue weighted by molar-refractivity contribution is 0.333. The standard InChI is InChI=1S/C10H19N/c1-9-8-10(9)4-3-6-11(2)7-5-10/h9H,3-8H2,1-2H3. The minimum Gasteiger partial charge on any atom is -0.306 e. The molecular weight excluding hydrogens is 134 g/mol. The Hall–Kier alpha value is -0.0400. The van der Waals surface area contributed by atoms with Gasteiger partial charge in [-0.3, -0.25) is 0 Å². The molecule has 2 rings (SSSR count). The molecule has 2 atom stereocenters. The summed E-state index contributed by atoms with van der Waals surface area (Å²) < 4.78 is 0. The molecule has 64 valence electrons. The highest BCUT2D eigenvalue weighted by atomic mass is 15.1. The van der Waals surface area contributed by atoms with Gasteiger partial charge in [-0.1, -0.05) is 6.92 Å². The van der Waals surface area contributed by atoms with Gasteiger partial charge >= 0.3 is 0 Å². The average molecular weight is 153 g/mol. The first kappa shape index (κ1) is 7.60. The van der Waals surface area contributed by atoms with Crippen LogP contribution in [0.4, 0.5) is 0 Å². The highest BCUT2D eigenvalue weighted by Gasteiger charge is 2.50. The summed E-state index contributed by atoms with van der Waals surface area (Å²) in [5.74, 6) is 1.04. The van der Waals surface area contributed by atoms with Crippen LogP contribution in [0.2, 0.25) is 0 Å². The molecule has 0 bridgehead atoms. The van der Waals surface area contributed by atoms with E-state index in [4.69, 9.17) is 0 Å². The first-order chi connectivity index (χ1) is 5.23. The van der Waals surface area contributed by atoms with Gasteiger partial charge in [0.1, 0.15) is 0 Å². The highest BCUT2D eigenvalue weighted by molar-refractivity contribution is 5.00. The van der Waals surface area contributed by atoms with Crippen LogP contribution in [-0.2, 0) is 0 Å². The lowest BCUT2D eigenvalue weighted by Crippen LogP contribution is -2.19. The van der Waals surface area contributed by atoms with Gasteiger partial charge in [-0.05, 0) is 57.2 Å². The molecule has 1 aliphatic heterocycles. The number of hydrogen-bond acceptors (Lipinski definition) is 1. The Labute approximate surface area is 69.8 Å². The summed E-state index contributed by atoms with van der Waals surface area (Å²) in [6.07, 6.45) is 5.91. The second-order valence-electron chi connectivity index (χ2n) is 4.62. The van der Waals surface area contributed by atoms with Crippen molar-refractivity contribution in [3.63, 3.8) is 0 Å². The van der Waals surface area contributed by atoms with Crippen molar-refractivity contribution in [2.45, 2.75) is 32.6 Å². The third kappa shape index (κ3) is 1.31. The largest absolute Gasteiger partial charge is 0.306 e. The van der Waals surface area contributed by atoms with Crippen molar-refractivity contribution in [1.29, 1.82) is 0 Å². The molecule has 0 aromatic rings. The first-order valence-electron chi connectivity index (χ1n) is 4.91. The third-order valence-corrected chi connectivity index (χ3v) is 3.80. The Morgan fingerprint density at radius 3 is 2.64 bits per heavy atom. The number of likely N-dealkylation sites (tertiary alicyclic amines) is 1. The molecule has 2 unspecified atom stereocenters. The Kier molecular flexibility index (Phi) is 1.71. The molecule has 1 saturated carbocycles.